The van der Waals surface area contributed by atoms with Crippen molar-refractivity contribution in [1.29, 1.82) is 5.26 Å². The average Bonchev–Trinajstić information content (AvgIpc) is 2.41. The van der Waals surface area contributed by atoms with Gasteiger partial charge in [-0.2, -0.15) is 5.26 Å². The molecule has 0 bridgehead atoms. The smallest absolute Gasteiger partial charge is 0.0992 e. The number of nitrogens with one attached hydrogen (secondary N) is 1. The molecule has 0 atom stereocenters. The van der Waals surface area contributed by atoms with Crippen molar-refractivity contribution in [2.24, 2.45) is 5.41 Å². The van der Waals surface area contributed by atoms with E-state index in [9.17, 15) is 5.11 Å². The van der Waals surface area contributed by atoms with Crippen molar-refractivity contribution in [2.45, 2.75) is 45.1 Å². The van der Waals surface area contributed by atoms with E-state index in [1.807, 2.05) is 0 Å². The summed E-state index contributed by atoms with van der Waals surface area (Å²) in [5, 5.41) is 23.1. The highest BCUT2D eigenvalue weighted by Crippen LogP contribution is 2.40. The molecule has 108 valence electrons. The Kier molecular flexibility index (Phi) is 4.27. The molecule has 0 saturated heterocycles. The molecule has 1 aliphatic carbocycles. The predicted molar refractivity (Wildman–Crippen MR) is 81.9 cm³/mol. The van der Waals surface area contributed by atoms with Crippen LogP contribution in [0.4, 0.5) is 5.69 Å². The Balaban J connectivity index is 1.97. The maximum Gasteiger partial charge on any atom is 0.0992 e. The molecule has 20 heavy (non-hydrogen) atoms. The summed E-state index contributed by atoms with van der Waals surface area (Å²) in [7, 11) is 0. The van der Waals surface area contributed by atoms with E-state index in [4.69, 9.17) is 16.9 Å². The molecule has 0 spiro atoms. The molecule has 1 fully saturated rings. The fraction of sp³-hybridized carbons (Fsp3) is 0.562. The second-order valence-corrected chi connectivity index (χ2v) is 6.96. The minimum atomic E-state index is -0.660. The minimum absolute atomic E-state index is 0.332. The number of anilines is 1. The molecule has 1 aromatic carbocycles. The van der Waals surface area contributed by atoms with E-state index in [0.717, 1.165) is 31.4 Å². The highest BCUT2D eigenvalue weighted by atomic mass is 35.5. The first-order valence-corrected chi connectivity index (χ1v) is 7.37. The first-order valence-electron chi connectivity index (χ1n) is 7.00. The summed E-state index contributed by atoms with van der Waals surface area (Å²) in [4.78, 5) is 0. The molecular formula is C16H21ClN2O. The second kappa shape index (κ2) is 5.63. The van der Waals surface area contributed by atoms with Crippen LogP contribution < -0.4 is 5.32 Å². The lowest BCUT2D eigenvalue weighted by Crippen LogP contribution is -2.42. The highest BCUT2D eigenvalue weighted by molar-refractivity contribution is 6.33. The van der Waals surface area contributed by atoms with Crippen LogP contribution in [-0.4, -0.2) is 17.3 Å². The number of aliphatic hydroxyl groups is 1. The van der Waals surface area contributed by atoms with Gasteiger partial charge in [-0.3, -0.25) is 0 Å². The van der Waals surface area contributed by atoms with Crippen LogP contribution in [0.2, 0.25) is 5.02 Å². The van der Waals surface area contributed by atoms with Crippen LogP contribution in [0.3, 0.4) is 0 Å². The van der Waals surface area contributed by atoms with Crippen molar-refractivity contribution in [3.8, 4) is 6.07 Å². The van der Waals surface area contributed by atoms with Gasteiger partial charge in [0, 0.05) is 6.54 Å². The lowest BCUT2D eigenvalue weighted by molar-refractivity contribution is -0.0145. The Morgan fingerprint density at radius 2 is 1.95 bits per heavy atom. The van der Waals surface area contributed by atoms with E-state index in [2.05, 4.69) is 25.2 Å². The zero-order valence-electron chi connectivity index (χ0n) is 12.0. The van der Waals surface area contributed by atoms with Crippen LogP contribution in [0.1, 0.15) is 45.1 Å². The van der Waals surface area contributed by atoms with Gasteiger partial charge in [0.05, 0.1) is 27.9 Å². The Bertz CT molecular complexity index is 524. The van der Waals surface area contributed by atoms with E-state index in [0.29, 0.717) is 22.5 Å². The summed E-state index contributed by atoms with van der Waals surface area (Å²) in [6, 6.07) is 7.21. The fourth-order valence-corrected chi connectivity index (χ4v) is 2.80. The molecule has 0 heterocycles. The van der Waals surface area contributed by atoms with E-state index in [1.165, 1.54) is 0 Å². The Hall–Kier alpha value is -1.24. The monoisotopic (exact) mass is 292 g/mol. The molecular weight excluding hydrogens is 272 g/mol. The number of rotatable bonds is 3. The van der Waals surface area contributed by atoms with Gasteiger partial charge < -0.3 is 10.4 Å². The zero-order valence-corrected chi connectivity index (χ0v) is 12.8. The van der Waals surface area contributed by atoms with Crippen LogP contribution in [0.5, 0.6) is 0 Å². The second-order valence-electron chi connectivity index (χ2n) is 6.55. The van der Waals surface area contributed by atoms with Crippen molar-refractivity contribution < 1.29 is 5.11 Å². The summed E-state index contributed by atoms with van der Waals surface area (Å²) < 4.78 is 0. The van der Waals surface area contributed by atoms with E-state index in [-0.39, 0.29) is 0 Å². The van der Waals surface area contributed by atoms with Gasteiger partial charge >= 0.3 is 0 Å². The van der Waals surface area contributed by atoms with Crippen LogP contribution in [0, 0.1) is 16.7 Å². The van der Waals surface area contributed by atoms with Gasteiger partial charge in [-0.25, -0.2) is 0 Å². The standard InChI is InChI=1S/C16H21ClN2O/c1-15(2)5-7-16(20,8-6-15)11-19-14-4-3-12(10-18)9-13(14)17/h3-4,9,19-20H,5-8,11H2,1-2H3. The summed E-state index contributed by atoms with van der Waals surface area (Å²) in [6.07, 6.45) is 3.68. The molecule has 1 aromatic rings. The maximum atomic E-state index is 10.6. The van der Waals surface area contributed by atoms with Gasteiger partial charge in [-0.15, -0.1) is 0 Å². The molecule has 3 nitrogen and oxygen atoms in total. The Labute approximate surface area is 125 Å². The summed E-state index contributed by atoms with van der Waals surface area (Å²) in [5.41, 5.74) is 0.980. The summed E-state index contributed by atoms with van der Waals surface area (Å²) >= 11 is 6.12. The molecule has 0 radical (unpaired) electrons. The molecule has 4 heteroatoms. The lowest BCUT2D eigenvalue weighted by atomic mass is 9.71. The van der Waals surface area contributed by atoms with Crippen molar-refractivity contribution in [1.82, 2.24) is 0 Å². The molecule has 0 aliphatic heterocycles. The number of hydrogen-bond donors (Lipinski definition) is 2. The zero-order chi connectivity index (χ0) is 14.8. The maximum absolute atomic E-state index is 10.6. The molecule has 2 N–H and O–H groups in total. The molecule has 0 amide bonds. The summed E-state index contributed by atoms with van der Waals surface area (Å²) in [6.45, 7) is 4.99. The predicted octanol–water partition coefficient (Wildman–Crippen LogP) is 3.95. The van der Waals surface area contributed by atoms with E-state index in [1.54, 1.807) is 18.2 Å². The molecule has 0 aromatic heterocycles. The summed E-state index contributed by atoms with van der Waals surface area (Å²) in [5.74, 6) is 0. The first kappa shape index (κ1) is 15.2. The van der Waals surface area contributed by atoms with Crippen LogP contribution in [-0.2, 0) is 0 Å². The topological polar surface area (TPSA) is 56.0 Å². The van der Waals surface area contributed by atoms with Gasteiger partial charge in [0.15, 0.2) is 0 Å². The van der Waals surface area contributed by atoms with Crippen molar-refractivity contribution >= 4 is 17.3 Å². The third-order valence-electron chi connectivity index (χ3n) is 4.24. The van der Waals surface area contributed by atoms with E-state index < -0.39 is 5.60 Å². The third-order valence-corrected chi connectivity index (χ3v) is 4.55. The molecule has 0 unspecified atom stereocenters. The van der Waals surface area contributed by atoms with Crippen molar-refractivity contribution in [3.05, 3.63) is 28.8 Å². The number of hydrogen-bond acceptors (Lipinski definition) is 3. The average molecular weight is 293 g/mol. The Morgan fingerprint density at radius 1 is 1.30 bits per heavy atom. The fourth-order valence-electron chi connectivity index (χ4n) is 2.56. The number of nitrogens with zero attached hydrogens (tertiary/aromatic N) is 1. The minimum Gasteiger partial charge on any atom is -0.388 e. The molecule has 1 aliphatic rings. The Morgan fingerprint density at radius 3 is 2.50 bits per heavy atom. The number of benzene rings is 1. The van der Waals surface area contributed by atoms with E-state index >= 15 is 0 Å². The SMILES string of the molecule is CC1(C)CCC(O)(CNc2ccc(C#N)cc2Cl)CC1. The van der Waals surface area contributed by atoms with Crippen LogP contribution >= 0.6 is 11.6 Å². The van der Waals surface area contributed by atoms with Crippen molar-refractivity contribution in [3.63, 3.8) is 0 Å². The van der Waals surface area contributed by atoms with Gasteiger partial charge in [0.2, 0.25) is 0 Å². The van der Waals surface area contributed by atoms with Crippen molar-refractivity contribution in [2.75, 3.05) is 11.9 Å². The van der Waals surface area contributed by atoms with Gasteiger partial charge in [0.25, 0.3) is 0 Å². The first-order chi connectivity index (χ1) is 9.34. The van der Waals surface area contributed by atoms with Crippen LogP contribution in [0.25, 0.3) is 0 Å². The number of nitriles is 1. The molecule has 1 saturated carbocycles. The van der Waals surface area contributed by atoms with Gasteiger partial charge in [-0.05, 0) is 49.3 Å². The van der Waals surface area contributed by atoms with Crippen LogP contribution in [0.15, 0.2) is 18.2 Å². The molecule has 2 rings (SSSR count). The third kappa shape index (κ3) is 3.65. The number of halogens is 1. The quantitative estimate of drug-likeness (QED) is 0.887. The lowest BCUT2D eigenvalue weighted by Gasteiger charge is -2.40. The van der Waals surface area contributed by atoms with Gasteiger partial charge in [0.1, 0.15) is 0 Å². The van der Waals surface area contributed by atoms with Gasteiger partial charge in [-0.1, -0.05) is 25.4 Å². The normalized spacial score (nSPS) is 20.1. The highest BCUT2D eigenvalue weighted by Gasteiger charge is 2.36. The largest absolute Gasteiger partial charge is 0.388 e.